The predicted octanol–water partition coefficient (Wildman–Crippen LogP) is 2.44. The summed E-state index contributed by atoms with van der Waals surface area (Å²) in [6, 6.07) is 9.54. The van der Waals surface area contributed by atoms with E-state index in [1.54, 1.807) is 0 Å². The lowest BCUT2D eigenvalue weighted by atomic mass is 9.78. The average molecular weight is 190 g/mol. The van der Waals surface area contributed by atoms with E-state index >= 15 is 0 Å². The lowest BCUT2D eigenvalue weighted by Gasteiger charge is -2.24. The molecule has 0 bridgehead atoms. The molecule has 2 rings (SSSR count). The molecule has 1 aliphatic carbocycles. The van der Waals surface area contributed by atoms with Crippen molar-refractivity contribution in [3.63, 3.8) is 0 Å². The standard InChI is InChI=1S/C12H14O2/c1-12(11(13)14,10-7-8-10)9-5-3-2-4-6-9/h2-6,10H,7-8H2,1H3,(H,13,14). The summed E-state index contributed by atoms with van der Waals surface area (Å²) in [4.78, 5) is 11.3. The fraction of sp³-hybridized carbons (Fsp3) is 0.417. The van der Waals surface area contributed by atoms with E-state index in [0.29, 0.717) is 5.92 Å². The van der Waals surface area contributed by atoms with E-state index < -0.39 is 11.4 Å². The molecule has 1 aliphatic rings. The highest BCUT2D eigenvalue weighted by molar-refractivity contribution is 5.81. The third kappa shape index (κ3) is 1.31. The van der Waals surface area contributed by atoms with E-state index in [2.05, 4.69) is 0 Å². The Balaban J connectivity index is 2.41. The second-order valence-corrected chi connectivity index (χ2v) is 4.15. The predicted molar refractivity (Wildman–Crippen MR) is 54.2 cm³/mol. The summed E-state index contributed by atoms with van der Waals surface area (Å²) in [5.41, 5.74) is 0.247. The van der Waals surface area contributed by atoms with Gasteiger partial charge in [0.25, 0.3) is 0 Å². The number of rotatable bonds is 3. The van der Waals surface area contributed by atoms with Crippen LogP contribution in [0.3, 0.4) is 0 Å². The molecule has 1 saturated carbocycles. The smallest absolute Gasteiger partial charge is 0.314 e. The van der Waals surface area contributed by atoms with E-state index in [1.165, 1.54) is 0 Å². The number of hydrogen-bond donors (Lipinski definition) is 1. The number of hydrogen-bond acceptors (Lipinski definition) is 1. The topological polar surface area (TPSA) is 37.3 Å². The quantitative estimate of drug-likeness (QED) is 0.794. The van der Waals surface area contributed by atoms with Gasteiger partial charge in [-0.15, -0.1) is 0 Å². The number of carboxylic acids is 1. The SMILES string of the molecule is CC(C(=O)O)(c1ccccc1)C1CC1. The minimum absolute atomic E-state index is 0.322. The summed E-state index contributed by atoms with van der Waals surface area (Å²) >= 11 is 0. The summed E-state index contributed by atoms with van der Waals surface area (Å²) in [5.74, 6) is -0.381. The molecule has 0 spiro atoms. The summed E-state index contributed by atoms with van der Waals surface area (Å²) in [7, 11) is 0. The zero-order valence-electron chi connectivity index (χ0n) is 8.23. The summed E-state index contributed by atoms with van der Waals surface area (Å²) in [6.07, 6.45) is 2.08. The van der Waals surface area contributed by atoms with Crippen molar-refractivity contribution in [3.05, 3.63) is 35.9 Å². The van der Waals surface area contributed by atoms with Crippen molar-refractivity contribution in [2.24, 2.45) is 5.92 Å². The fourth-order valence-corrected chi connectivity index (χ4v) is 1.98. The first-order valence-electron chi connectivity index (χ1n) is 4.94. The molecule has 1 N–H and O–H groups in total. The monoisotopic (exact) mass is 190 g/mol. The summed E-state index contributed by atoms with van der Waals surface area (Å²) in [5, 5.41) is 9.30. The van der Waals surface area contributed by atoms with Crippen LogP contribution in [-0.2, 0) is 10.2 Å². The van der Waals surface area contributed by atoms with Crippen LogP contribution in [0, 0.1) is 5.92 Å². The van der Waals surface area contributed by atoms with Crippen LogP contribution in [0.15, 0.2) is 30.3 Å². The van der Waals surface area contributed by atoms with Gasteiger partial charge in [-0.2, -0.15) is 0 Å². The maximum atomic E-state index is 11.3. The van der Waals surface area contributed by atoms with Gasteiger partial charge in [0, 0.05) is 0 Å². The number of carboxylic acid groups (broad SMARTS) is 1. The van der Waals surface area contributed by atoms with Gasteiger partial charge in [0.05, 0.1) is 5.41 Å². The molecule has 0 radical (unpaired) electrons. The molecule has 74 valence electrons. The van der Waals surface area contributed by atoms with E-state index in [4.69, 9.17) is 0 Å². The molecular weight excluding hydrogens is 176 g/mol. The number of benzene rings is 1. The van der Waals surface area contributed by atoms with Crippen LogP contribution in [0.4, 0.5) is 0 Å². The van der Waals surface area contributed by atoms with Crippen LogP contribution in [0.1, 0.15) is 25.3 Å². The van der Waals surface area contributed by atoms with Crippen molar-refractivity contribution in [2.45, 2.75) is 25.2 Å². The van der Waals surface area contributed by atoms with E-state index in [-0.39, 0.29) is 0 Å². The summed E-state index contributed by atoms with van der Waals surface area (Å²) < 4.78 is 0. The van der Waals surface area contributed by atoms with Gasteiger partial charge < -0.3 is 5.11 Å². The maximum Gasteiger partial charge on any atom is 0.314 e. The molecule has 2 nitrogen and oxygen atoms in total. The van der Waals surface area contributed by atoms with Crippen LogP contribution in [0.2, 0.25) is 0 Å². The molecule has 1 aromatic carbocycles. The normalized spacial score (nSPS) is 20.1. The Morgan fingerprint density at radius 2 is 1.93 bits per heavy atom. The molecule has 1 aromatic rings. The largest absolute Gasteiger partial charge is 0.481 e. The molecule has 0 heterocycles. The van der Waals surface area contributed by atoms with Gasteiger partial charge >= 0.3 is 5.97 Å². The van der Waals surface area contributed by atoms with Gasteiger partial charge in [-0.3, -0.25) is 4.79 Å². The lowest BCUT2D eigenvalue weighted by molar-refractivity contribution is -0.144. The molecule has 1 fully saturated rings. The molecule has 1 unspecified atom stereocenters. The number of carbonyl (C=O) groups is 1. The van der Waals surface area contributed by atoms with E-state index in [9.17, 15) is 9.90 Å². The van der Waals surface area contributed by atoms with Crippen molar-refractivity contribution in [1.82, 2.24) is 0 Å². The molecule has 1 atom stereocenters. The first kappa shape index (κ1) is 9.25. The Morgan fingerprint density at radius 1 is 1.36 bits per heavy atom. The minimum Gasteiger partial charge on any atom is -0.481 e. The Hall–Kier alpha value is -1.31. The zero-order chi connectivity index (χ0) is 10.2. The Labute approximate surface area is 83.6 Å². The first-order chi connectivity index (χ1) is 6.65. The van der Waals surface area contributed by atoms with Crippen LogP contribution < -0.4 is 0 Å². The van der Waals surface area contributed by atoms with Crippen molar-refractivity contribution >= 4 is 5.97 Å². The van der Waals surface area contributed by atoms with Crippen LogP contribution in [0.5, 0.6) is 0 Å². The second-order valence-electron chi connectivity index (χ2n) is 4.15. The van der Waals surface area contributed by atoms with Gasteiger partial charge in [0.2, 0.25) is 0 Å². The van der Waals surface area contributed by atoms with E-state index in [0.717, 1.165) is 18.4 Å². The molecule has 14 heavy (non-hydrogen) atoms. The lowest BCUT2D eigenvalue weighted by Crippen LogP contribution is -2.34. The molecule has 2 heteroatoms. The van der Waals surface area contributed by atoms with Gasteiger partial charge in [0.1, 0.15) is 0 Å². The maximum absolute atomic E-state index is 11.3. The Morgan fingerprint density at radius 3 is 2.36 bits per heavy atom. The Bertz CT molecular complexity index is 341. The second kappa shape index (κ2) is 3.12. The Kier molecular flexibility index (Phi) is 2.06. The fourth-order valence-electron chi connectivity index (χ4n) is 1.98. The van der Waals surface area contributed by atoms with Gasteiger partial charge in [-0.05, 0) is 31.2 Å². The van der Waals surface area contributed by atoms with Crippen LogP contribution in [0.25, 0.3) is 0 Å². The van der Waals surface area contributed by atoms with Crippen LogP contribution >= 0.6 is 0 Å². The van der Waals surface area contributed by atoms with Gasteiger partial charge in [0.15, 0.2) is 0 Å². The van der Waals surface area contributed by atoms with Crippen molar-refractivity contribution in [3.8, 4) is 0 Å². The molecule has 0 amide bonds. The first-order valence-corrected chi connectivity index (χ1v) is 4.94. The van der Waals surface area contributed by atoms with Gasteiger partial charge in [-0.25, -0.2) is 0 Å². The van der Waals surface area contributed by atoms with Crippen molar-refractivity contribution < 1.29 is 9.90 Å². The summed E-state index contributed by atoms with van der Waals surface area (Å²) in [6.45, 7) is 1.84. The molecule has 0 aliphatic heterocycles. The van der Waals surface area contributed by atoms with E-state index in [1.807, 2.05) is 37.3 Å². The average Bonchev–Trinajstić information content (AvgIpc) is 3.01. The minimum atomic E-state index is -0.703. The third-order valence-corrected chi connectivity index (χ3v) is 3.21. The highest BCUT2D eigenvalue weighted by Gasteiger charge is 2.48. The molecule has 0 saturated heterocycles. The van der Waals surface area contributed by atoms with Gasteiger partial charge in [-0.1, -0.05) is 30.3 Å². The zero-order valence-corrected chi connectivity index (χ0v) is 8.23. The molecular formula is C12H14O2. The highest BCUT2D eigenvalue weighted by atomic mass is 16.4. The van der Waals surface area contributed by atoms with Crippen molar-refractivity contribution in [1.29, 1.82) is 0 Å². The third-order valence-electron chi connectivity index (χ3n) is 3.21. The van der Waals surface area contributed by atoms with Crippen molar-refractivity contribution in [2.75, 3.05) is 0 Å². The van der Waals surface area contributed by atoms with Crippen LogP contribution in [-0.4, -0.2) is 11.1 Å². The molecule has 0 aromatic heterocycles. The number of aliphatic carboxylic acids is 1. The highest BCUT2D eigenvalue weighted by Crippen LogP contribution is 2.47.